The van der Waals surface area contributed by atoms with Gasteiger partial charge in [0, 0.05) is 35.6 Å². The van der Waals surface area contributed by atoms with Crippen molar-refractivity contribution >= 4 is 47.4 Å². The van der Waals surface area contributed by atoms with E-state index in [-0.39, 0.29) is 50.3 Å². The first-order valence-corrected chi connectivity index (χ1v) is 23.0. The lowest BCUT2D eigenvalue weighted by Gasteiger charge is -2.18. The Hall–Kier alpha value is -8.28. The van der Waals surface area contributed by atoms with Gasteiger partial charge in [-0.25, -0.2) is 28.3 Å². The van der Waals surface area contributed by atoms with Gasteiger partial charge in [0.2, 0.25) is 11.9 Å². The molecule has 0 amide bonds. The van der Waals surface area contributed by atoms with Crippen LogP contribution in [0.5, 0.6) is 11.5 Å². The van der Waals surface area contributed by atoms with Crippen LogP contribution in [0.2, 0.25) is 0 Å². The summed E-state index contributed by atoms with van der Waals surface area (Å²) in [5.74, 6) is -1.80. The molecule has 2 atom stereocenters. The molecule has 0 unspecified atom stereocenters. The summed E-state index contributed by atoms with van der Waals surface area (Å²) in [6, 6.07) is 26.0. The van der Waals surface area contributed by atoms with Crippen molar-refractivity contribution in [3.63, 3.8) is 0 Å². The lowest BCUT2D eigenvalue weighted by atomic mass is 10.1. The van der Waals surface area contributed by atoms with E-state index in [4.69, 9.17) is 14.2 Å². The number of rotatable bonds is 20. The van der Waals surface area contributed by atoms with Gasteiger partial charge in [-0.3, -0.25) is 18.7 Å². The van der Waals surface area contributed by atoms with Gasteiger partial charge >= 0.3 is 34.7 Å². The first-order valence-electron chi connectivity index (χ1n) is 23.0. The van der Waals surface area contributed by atoms with Gasteiger partial charge in [-0.2, -0.15) is 9.97 Å². The van der Waals surface area contributed by atoms with Gasteiger partial charge in [0.1, 0.15) is 11.5 Å². The Morgan fingerprint density at radius 1 is 0.606 bits per heavy atom. The Labute approximate surface area is 411 Å². The van der Waals surface area contributed by atoms with Crippen molar-refractivity contribution in [1.82, 2.24) is 28.2 Å². The Bertz CT molecular complexity index is 3110. The number of carboxylic acids is 1. The molecule has 18 heteroatoms. The van der Waals surface area contributed by atoms with Crippen LogP contribution in [-0.2, 0) is 40.5 Å². The van der Waals surface area contributed by atoms with E-state index < -0.39 is 46.5 Å². The lowest BCUT2D eigenvalue weighted by Crippen LogP contribution is -2.44. The molecule has 374 valence electrons. The van der Waals surface area contributed by atoms with Gasteiger partial charge in [-0.05, 0) is 89.1 Å². The predicted octanol–water partition coefficient (Wildman–Crippen LogP) is 7.40. The Kier molecular flexibility index (Phi) is 18.4. The van der Waals surface area contributed by atoms with Crippen LogP contribution in [0.25, 0.3) is 12.2 Å². The summed E-state index contributed by atoms with van der Waals surface area (Å²) in [5.41, 5.74) is 3.68. The third kappa shape index (κ3) is 14.4. The molecule has 0 fully saturated rings. The average Bonchev–Trinajstić information content (AvgIpc) is 3.33. The number of carbonyl (C=O) groups is 2. The summed E-state index contributed by atoms with van der Waals surface area (Å²) >= 11 is 0. The van der Waals surface area contributed by atoms with Crippen molar-refractivity contribution in [1.29, 1.82) is 0 Å². The molecule has 18 nitrogen and oxygen atoms in total. The SMILES string of the molecule is C=Cc1cc(Nc2nc(=O)n(C[C@H](C)C(=O)O)c(=O)n2Cc2ccc(C)cc2)ccc1OC(C)C.C=Cc1cc(Nc2nc(=O)n(C[C@H](C)C(=O)OC)c(=O)n2Cc2ccc(C)cc2)ccc1OC(C)C. The highest BCUT2D eigenvalue weighted by molar-refractivity contribution is 5.72. The largest absolute Gasteiger partial charge is 0.490 e. The molecule has 3 N–H and O–H groups in total. The number of nitrogens with one attached hydrogen (secondary N) is 2. The molecule has 6 aromatic rings. The fraction of sp³-hybridized carbons (Fsp3) is 0.321. The van der Waals surface area contributed by atoms with Gasteiger partial charge in [-0.1, -0.05) is 98.8 Å². The smallest absolute Gasteiger partial charge is 0.354 e. The number of aliphatic carboxylic acids is 1. The van der Waals surface area contributed by atoms with Crippen LogP contribution >= 0.6 is 0 Å². The number of aromatic nitrogens is 6. The Morgan fingerprint density at radius 2 is 0.986 bits per heavy atom. The monoisotopic (exact) mass is 970 g/mol. The molecule has 0 aliphatic carbocycles. The third-order valence-electron chi connectivity index (χ3n) is 10.9. The van der Waals surface area contributed by atoms with Crippen molar-refractivity contribution in [3.05, 3.63) is 173 Å². The maximum Gasteiger partial charge on any atom is 0.354 e. The number of carboxylic acid groups (broad SMARTS) is 1. The van der Waals surface area contributed by atoms with E-state index in [9.17, 15) is 33.9 Å². The van der Waals surface area contributed by atoms with Crippen LogP contribution in [-0.4, -0.2) is 64.6 Å². The van der Waals surface area contributed by atoms with Gasteiger partial charge in [0.05, 0.1) is 44.2 Å². The molecule has 6 rings (SSSR count). The average molecular weight is 971 g/mol. The first kappa shape index (κ1) is 53.7. The van der Waals surface area contributed by atoms with Crippen LogP contribution in [0.15, 0.2) is 117 Å². The van der Waals surface area contributed by atoms with E-state index >= 15 is 0 Å². The lowest BCUT2D eigenvalue weighted by molar-refractivity contribution is -0.145. The number of methoxy groups -OCH3 is 1. The zero-order valence-electron chi connectivity index (χ0n) is 41.6. The normalized spacial score (nSPS) is 11.8. The second-order valence-corrected chi connectivity index (χ2v) is 17.5. The number of hydrogen-bond donors (Lipinski definition) is 3. The molecule has 2 aromatic heterocycles. The van der Waals surface area contributed by atoms with Crippen molar-refractivity contribution in [2.75, 3.05) is 17.7 Å². The maximum absolute atomic E-state index is 13.5. The summed E-state index contributed by atoms with van der Waals surface area (Å²) < 4.78 is 20.9. The summed E-state index contributed by atoms with van der Waals surface area (Å²) in [6.45, 7) is 22.2. The predicted molar refractivity (Wildman–Crippen MR) is 275 cm³/mol. The summed E-state index contributed by atoms with van der Waals surface area (Å²) in [6.07, 6.45) is 3.29. The molecule has 0 aliphatic heterocycles. The van der Waals surface area contributed by atoms with Crippen LogP contribution in [0.3, 0.4) is 0 Å². The standard InChI is InChI=1S/C27H32N4O5.C26H30N4O5/c1-7-21-14-22(12-13-23(21)36-17(2)3)28-25-29-26(33)31(15-19(5)24(32)35-6)27(34)30(25)16-20-10-8-18(4)9-11-20;1-6-20-13-21(11-12-22(20)35-16(2)3)27-24-28-25(33)30(14-18(5)23(31)32)26(34)29(24)15-19-9-7-17(4)8-10-19/h7-14,17,19H,1,15-16H2,2-6H3,(H,28,29,33);6-13,16,18H,1,14-15H2,2-5H3,(H,31,32)(H,27,28,33)/t19-;18-/m00/s1. The van der Waals surface area contributed by atoms with E-state index in [1.807, 2.05) is 90.1 Å². The van der Waals surface area contributed by atoms with Gasteiger partial charge in [0.15, 0.2) is 0 Å². The van der Waals surface area contributed by atoms with Gasteiger partial charge in [0.25, 0.3) is 0 Å². The highest BCUT2D eigenvalue weighted by atomic mass is 16.5. The highest BCUT2D eigenvalue weighted by Gasteiger charge is 2.22. The van der Waals surface area contributed by atoms with E-state index in [2.05, 4.69) is 33.8 Å². The van der Waals surface area contributed by atoms with Gasteiger partial charge < -0.3 is 30.0 Å². The minimum Gasteiger partial charge on any atom is -0.490 e. The van der Waals surface area contributed by atoms with E-state index in [1.54, 1.807) is 55.5 Å². The van der Waals surface area contributed by atoms with Crippen LogP contribution in [0.1, 0.15) is 74.9 Å². The Morgan fingerprint density at radius 3 is 1.32 bits per heavy atom. The zero-order valence-corrected chi connectivity index (χ0v) is 41.6. The number of esters is 1. The third-order valence-corrected chi connectivity index (χ3v) is 10.9. The number of ether oxygens (including phenoxy) is 3. The van der Waals surface area contributed by atoms with Crippen molar-refractivity contribution in [3.8, 4) is 11.5 Å². The summed E-state index contributed by atoms with van der Waals surface area (Å²) in [4.78, 5) is 83.9. The summed E-state index contributed by atoms with van der Waals surface area (Å²) in [7, 11) is 1.26. The molecule has 0 spiro atoms. The molecule has 0 radical (unpaired) electrons. The quantitative estimate of drug-likeness (QED) is 0.0635. The van der Waals surface area contributed by atoms with Crippen LogP contribution in [0, 0.1) is 25.7 Å². The van der Waals surface area contributed by atoms with Gasteiger partial charge in [-0.15, -0.1) is 0 Å². The molecule has 2 heterocycles. The second-order valence-electron chi connectivity index (χ2n) is 17.5. The van der Waals surface area contributed by atoms with Crippen molar-refractivity contribution in [2.45, 2.75) is 93.8 Å². The number of hydrogen-bond acceptors (Lipinski definition) is 13. The molecule has 71 heavy (non-hydrogen) atoms. The second kappa shape index (κ2) is 24.3. The zero-order chi connectivity index (χ0) is 52.1. The fourth-order valence-corrected chi connectivity index (χ4v) is 7.05. The van der Waals surface area contributed by atoms with Crippen molar-refractivity contribution in [2.24, 2.45) is 11.8 Å². The van der Waals surface area contributed by atoms with Crippen LogP contribution in [0.4, 0.5) is 23.3 Å². The number of nitrogens with zero attached hydrogens (tertiary/aromatic N) is 6. The first-order chi connectivity index (χ1) is 33.7. The fourth-order valence-electron chi connectivity index (χ4n) is 7.05. The minimum absolute atomic E-state index is 0.0103. The molecule has 0 saturated heterocycles. The minimum atomic E-state index is -1.11. The van der Waals surface area contributed by atoms with E-state index in [0.717, 1.165) is 42.5 Å². The van der Waals surface area contributed by atoms with E-state index in [1.165, 1.54) is 23.2 Å². The number of benzene rings is 4. The summed E-state index contributed by atoms with van der Waals surface area (Å²) in [5, 5.41) is 15.4. The number of carbonyl (C=O) groups excluding carboxylic acids is 1. The van der Waals surface area contributed by atoms with Crippen LogP contribution < -0.4 is 42.9 Å². The molecule has 0 saturated carbocycles. The van der Waals surface area contributed by atoms with Crippen molar-refractivity contribution < 1.29 is 28.9 Å². The molecule has 4 aromatic carbocycles. The molecular weight excluding hydrogens is 909 g/mol. The van der Waals surface area contributed by atoms with E-state index in [0.29, 0.717) is 22.9 Å². The molecule has 0 bridgehead atoms. The molecular formula is C53H62N8O10. The topological polar surface area (TPSA) is 220 Å². The number of aryl methyl sites for hydroxylation is 2. The Balaban J connectivity index is 0.000000264. The molecule has 0 aliphatic rings. The maximum atomic E-state index is 13.5. The highest BCUT2D eigenvalue weighted by Crippen LogP contribution is 2.28. The number of anilines is 4.